The number of carbonyl (C=O) groups excluding carboxylic acids is 2. The van der Waals surface area contributed by atoms with E-state index in [2.05, 4.69) is 5.32 Å². The van der Waals surface area contributed by atoms with Gasteiger partial charge < -0.3 is 15.3 Å². The second kappa shape index (κ2) is 7.70. The monoisotopic (exact) mass is 388 g/mol. The second-order valence-corrected chi connectivity index (χ2v) is 5.94. The molecule has 1 aromatic carbocycles. The predicted molar refractivity (Wildman–Crippen MR) is 90.4 cm³/mol. The van der Waals surface area contributed by atoms with Crippen molar-refractivity contribution in [1.29, 1.82) is 0 Å². The first-order chi connectivity index (χ1) is 11.3. The van der Waals surface area contributed by atoms with E-state index >= 15 is 0 Å². The van der Waals surface area contributed by atoms with E-state index in [0.29, 0.717) is 9.75 Å². The maximum Gasteiger partial charge on any atom is 0.405 e. The smallest absolute Gasteiger partial charge is 0.405 e. The molecule has 126 valence electrons. The number of nitrogens with zero attached hydrogens (tertiary/aromatic N) is 1. The number of nitrogens with one attached hydrogen (secondary N) is 1. The van der Waals surface area contributed by atoms with Crippen LogP contribution in [-0.2, 0) is 9.53 Å². The molecule has 24 heavy (non-hydrogen) atoms. The van der Waals surface area contributed by atoms with Crippen molar-refractivity contribution in [2.45, 2.75) is 13.0 Å². The quantitative estimate of drug-likeness (QED) is 0.493. The maximum absolute atomic E-state index is 12.1. The highest BCUT2D eigenvalue weighted by atomic mass is 35.5. The second-order valence-electron chi connectivity index (χ2n) is 4.69. The number of anilines is 1. The van der Waals surface area contributed by atoms with Crippen LogP contribution in [-0.4, -0.2) is 18.0 Å². The summed E-state index contributed by atoms with van der Waals surface area (Å²) in [4.78, 5) is 24.0. The Morgan fingerprint density at radius 2 is 1.83 bits per heavy atom. The van der Waals surface area contributed by atoms with Gasteiger partial charge >= 0.3 is 11.7 Å². The van der Waals surface area contributed by atoms with Gasteiger partial charge in [-0.3, -0.25) is 4.79 Å². The van der Waals surface area contributed by atoms with Crippen LogP contribution in [0.1, 0.15) is 17.4 Å². The molecule has 0 saturated heterocycles. The first-order valence-electron chi connectivity index (χ1n) is 6.64. The summed E-state index contributed by atoms with van der Waals surface area (Å²) in [6, 6.07) is 7.07. The van der Waals surface area contributed by atoms with Gasteiger partial charge in [0.2, 0.25) is 0 Å². The third-order valence-electron chi connectivity index (χ3n) is 2.94. The summed E-state index contributed by atoms with van der Waals surface area (Å²) in [7, 11) is 0. The van der Waals surface area contributed by atoms with E-state index in [1.165, 1.54) is 37.3 Å². The van der Waals surface area contributed by atoms with Crippen molar-refractivity contribution in [2.75, 3.05) is 5.32 Å². The van der Waals surface area contributed by atoms with Gasteiger partial charge in [-0.1, -0.05) is 34.8 Å². The van der Waals surface area contributed by atoms with Gasteiger partial charge in [-0.05, 0) is 25.1 Å². The molecule has 1 amide bonds. The van der Waals surface area contributed by atoms with Crippen LogP contribution in [0.3, 0.4) is 0 Å². The third-order valence-corrected chi connectivity index (χ3v) is 3.76. The lowest BCUT2D eigenvalue weighted by Crippen LogP contribution is -2.37. The summed E-state index contributed by atoms with van der Waals surface area (Å²) in [5.74, 6) is -1.59. The lowest BCUT2D eigenvalue weighted by Gasteiger charge is -2.15. The summed E-state index contributed by atoms with van der Waals surface area (Å²) in [5, 5.41) is 14.5. The Kier molecular flexibility index (Phi) is 5.88. The number of pyridine rings is 1. The highest BCUT2D eigenvalue weighted by Crippen LogP contribution is 2.33. The fourth-order valence-corrected chi connectivity index (χ4v) is 2.66. The van der Waals surface area contributed by atoms with Crippen LogP contribution in [0, 0.1) is 5.21 Å². The van der Waals surface area contributed by atoms with Gasteiger partial charge in [-0.25, -0.2) is 4.79 Å². The largest absolute Gasteiger partial charge is 0.618 e. The molecule has 0 radical (unpaired) electrons. The van der Waals surface area contributed by atoms with E-state index < -0.39 is 18.0 Å². The molecule has 0 aliphatic carbocycles. The van der Waals surface area contributed by atoms with Crippen molar-refractivity contribution in [3.8, 4) is 0 Å². The molecule has 0 spiro atoms. The molecule has 0 unspecified atom stereocenters. The van der Waals surface area contributed by atoms with Crippen LogP contribution in [0.2, 0.25) is 15.1 Å². The molecule has 6 nitrogen and oxygen atoms in total. The standard InChI is InChI=1S/C15H11Cl3N2O4/c1-8(24-15(22)12-4-2-3-5-20(12)23)14(21)19-13-10(17)6-9(16)7-11(13)18/h2-8H,1H3,(H,19,21)/t8-/m0/s1. The molecule has 0 bridgehead atoms. The van der Waals surface area contributed by atoms with Crippen molar-refractivity contribution in [3.05, 3.63) is 62.5 Å². The van der Waals surface area contributed by atoms with E-state index in [9.17, 15) is 14.8 Å². The molecule has 2 rings (SSSR count). The molecule has 1 N–H and O–H groups in total. The Balaban J connectivity index is 2.08. The number of rotatable bonds is 4. The maximum atomic E-state index is 12.1. The van der Waals surface area contributed by atoms with E-state index in [0.717, 1.165) is 6.20 Å². The molecule has 0 fully saturated rings. The first kappa shape index (κ1) is 18.3. The average molecular weight is 390 g/mol. The molecule has 2 aromatic rings. The number of hydrogen-bond donors (Lipinski definition) is 1. The summed E-state index contributed by atoms with van der Waals surface area (Å²) in [6.45, 7) is 1.35. The van der Waals surface area contributed by atoms with Gasteiger partial charge in [-0.15, -0.1) is 0 Å². The normalized spacial score (nSPS) is 11.7. The van der Waals surface area contributed by atoms with Crippen molar-refractivity contribution in [2.24, 2.45) is 0 Å². The molecule has 9 heteroatoms. The zero-order valence-electron chi connectivity index (χ0n) is 12.3. The Morgan fingerprint density at radius 3 is 2.42 bits per heavy atom. The van der Waals surface area contributed by atoms with E-state index in [1.54, 1.807) is 0 Å². The van der Waals surface area contributed by atoms with E-state index in [4.69, 9.17) is 39.5 Å². The number of aromatic nitrogens is 1. The molecule has 0 aliphatic heterocycles. The van der Waals surface area contributed by atoms with Crippen molar-refractivity contribution in [1.82, 2.24) is 0 Å². The van der Waals surface area contributed by atoms with Gasteiger partial charge in [0.15, 0.2) is 12.3 Å². The van der Waals surface area contributed by atoms with Gasteiger partial charge in [0.1, 0.15) is 0 Å². The summed E-state index contributed by atoms with van der Waals surface area (Å²) in [5.41, 5.74) is -0.0889. The van der Waals surface area contributed by atoms with E-state index in [-0.39, 0.29) is 21.4 Å². The molecule has 1 heterocycles. The first-order valence-corrected chi connectivity index (χ1v) is 7.77. The topological polar surface area (TPSA) is 82.3 Å². The van der Waals surface area contributed by atoms with Gasteiger partial charge in [0.25, 0.3) is 5.91 Å². The fraction of sp³-hybridized carbons (Fsp3) is 0.133. The molecule has 1 aromatic heterocycles. The molecule has 1 atom stereocenters. The Labute approximate surface area is 152 Å². The SMILES string of the molecule is C[C@H](OC(=O)c1cccc[n+]1[O-])C(=O)Nc1c(Cl)cc(Cl)cc1Cl. The number of halogens is 3. The van der Waals surface area contributed by atoms with Crippen molar-refractivity contribution in [3.63, 3.8) is 0 Å². The molecular weight excluding hydrogens is 379 g/mol. The van der Waals surface area contributed by atoms with Crippen LogP contribution >= 0.6 is 34.8 Å². The number of amides is 1. The van der Waals surface area contributed by atoms with Crippen LogP contribution in [0.4, 0.5) is 5.69 Å². The number of carbonyl (C=O) groups is 2. The highest BCUT2D eigenvalue weighted by Gasteiger charge is 2.24. The molecule has 0 saturated carbocycles. The van der Waals surface area contributed by atoms with Gasteiger partial charge in [0, 0.05) is 17.2 Å². The lowest BCUT2D eigenvalue weighted by molar-refractivity contribution is -0.608. The van der Waals surface area contributed by atoms with Gasteiger partial charge in [0.05, 0.1) is 15.7 Å². The van der Waals surface area contributed by atoms with Gasteiger partial charge in [-0.2, -0.15) is 4.73 Å². The van der Waals surface area contributed by atoms with Crippen LogP contribution < -0.4 is 10.0 Å². The van der Waals surface area contributed by atoms with Crippen LogP contribution in [0.15, 0.2) is 36.5 Å². The summed E-state index contributed by atoms with van der Waals surface area (Å²) in [6.07, 6.45) is -0.0327. The number of esters is 1. The minimum absolute atomic E-state index is 0.139. The Hall–Kier alpha value is -2.02. The third kappa shape index (κ3) is 4.29. The lowest BCUT2D eigenvalue weighted by atomic mass is 10.3. The fourth-order valence-electron chi connectivity index (χ4n) is 1.75. The predicted octanol–water partition coefficient (Wildman–Crippen LogP) is 3.46. The summed E-state index contributed by atoms with van der Waals surface area (Å²) >= 11 is 17.7. The van der Waals surface area contributed by atoms with Crippen LogP contribution in [0.5, 0.6) is 0 Å². The average Bonchev–Trinajstić information content (AvgIpc) is 2.50. The molecule has 0 aliphatic rings. The molecular formula is C15H11Cl3N2O4. The highest BCUT2D eigenvalue weighted by molar-refractivity contribution is 6.42. The van der Waals surface area contributed by atoms with E-state index in [1.807, 2.05) is 0 Å². The van der Waals surface area contributed by atoms with Crippen LogP contribution in [0.25, 0.3) is 0 Å². The zero-order chi connectivity index (χ0) is 17.9. The van der Waals surface area contributed by atoms with Crippen molar-refractivity contribution >= 4 is 52.4 Å². The Bertz CT molecular complexity index is 775. The minimum Gasteiger partial charge on any atom is -0.618 e. The zero-order valence-corrected chi connectivity index (χ0v) is 14.5. The number of hydrogen-bond acceptors (Lipinski definition) is 4. The number of ether oxygens (including phenoxy) is 1. The summed E-state index contributed by atoms with van der Waals surface area (Å²) < 4.78 is 5.32. The Morgan fingerprint density at radius 1 is 1.21 bits per heavy atom. The number of benzene rings is 1. The minimum atomic E-state index is -1.18. The van der Waals surface area contributed by atoms with Crippen molar-refractivity contribution < 1.29 is 19.1 Å².